The molecule has 198 valence electrons. The van der Waals surface area contributed by atoms with Crippen molar-refractivity contribution in [3.63, 3.8) is 0 Å². The summed E-state index contributed by atoms with van der Waals surface area (Å²) in [7, 11) is 3.20. The first-order valence-electron chi connectivity index (χ1n) is 12.2. The van der Waals surface area contributed by atoms with E-state index in [-0.39, 0.29) is 17.7 Å². The Hall–Kier alpha value is -3.53. The highest BCUT2D eigenvalue weighted by molar-refractivity contribution is 7.99. The predicted octanol–water partition coefficient (Wildman–Crippen LogP) is 5.03. The maximum Gasteiger partial charge on any atom is 0.230 e. The number of ether oxygens (including phenoxy) is 4. The van der Waals surface area contributed by atoms with Gasteiger partial charge in [0.1, 0.15) is 11.4 Å². The summed E-state index contributed by atoms with van der Waals surface area (Å²) in [6, 6.07) is 11.3. The number of nitrogens with one attached hydrogen (secondary N) is 1. The number of nitrogens with zero attached hydrogens (tertiary/aromatic N) is 3. The largest absolute Gasteiger partial charge is 0.493 e. The second-order valence-electron chi connectivity index (χ2n) is 8.05. The van der Waals surface area contributed by atoms with Crippen LogP contribution in [0.5, 0.6) is 23.0 Å². The minimum Gasteiger partial charge on any atom is -0.493 e. The van der Waals surface area contributed by atoms with Crippen LogP contribution in [-0.4, -0.2) is 60.3 Å². The van der Waals surface area contributed by atoms with Gasteiger partial charge in [0.05, 0.1) is 33.2 Å². The lowest BCUT2D eigenvalue weighted by Gasteiger charge is -2.15. The van der Waals surface area contributed by atoms with Crippen LogP contribution in [-0.2, 0) is 4.79 Å². The number of thioether (sulfide) groups is 1. The van der Waals surface area contributed by atoms with Crippen molar-refractivity contribution in [1.29, 1.82) is 0 Å². The van der Waals surface area contributed by atoms with Crippen LogP contribution in [0.4, 0.5) is 0 Å². The van der Waals surface area contributed by atoms with E-state index in [0.717, 1.165) is 17.5 Å². The van der Waals surface area contributed by atoms with Crippen molar-refractivity contribution in [2.24, 2.45) is 0 Å². The number of aromatic nitrogens is 3. The molecule has 1 amide bonds. The van der Waals surface area contributed by atoms with E-state index in [1.54, 1.807) is 14.2 Å². The lowest BCUT2D eigenvalue weighted by molar-refractivity contribution is -0.119. The van der Waals surface area contributed by atoms with Crippen molar-refractivity contribution in [3.05, 3.63) is 36.4 Å². The first-order valence-corrected chi connectivity index (χ1v) is 13.2. The highest BCUT2D eigenvalue weighted by Crippen LogP contribution is 2.38. The van der Waals surface area contributed by atoms with Gasteiger partial charge in [-0.3, -0.25) is 4.79 Å². The molecule has 9 nitrogen and oxygen atoms in total. The maximum absolute atomic E-state index is 12.3. The Kier molecular flexibility index (Phi) is 10.4. The van der Waals surface area contributed by atoms with Crippen molar-refractivity contribution >= 4 is 17.7 Å². The Labute approximate surface area is 222 Å². The quantitative estimate of drug-likeness (QED) is 0.307. The van der Waals surface area contributed by atoms with Gasteiger partial charge in [-0.05, 0) is 63.6 Å². The smallest absolute Gasteiger partial charge is 0.230 e. The molecule has 37 heavy (non-hydrogen) atoms. The van der Waals surface area contributed by atoms with Gasteiger partial charge < -0.3 is 24.3 Å². The summed E-state index contributed by atoms with van der Waals surface area (Å²) in [6.07, 6.45) is 0.860. The molecular weight excluding hydrogens is 492 g/mol. The summed E-state index contributed by atoms with van der Waals surface area (Å²) in [5.41, 5.74) is 2.69. The molecule has 0 saturated carbocycles. The Morgan fingerprint density at radius 1 is 0.865 bits per heavy atom. The minimum atomic E-state index is -0.0758. The van der Waals surface area contributed by atoms with E-state index in [1.807, 2.05) is 64.1 Å². The lowest BCUT2D eigenvalue weighted by Crippen LogP contribution is -2.33. The third-order valence-electron chi connectivity index (χ3n) is 5.49. The Bertz CT molecular complexity index is 1210. The van der Waals surface area contributed by atoms with Crippen molar-refractivity contribution in [1.82, 2.24) is 20.5 Å². The summed E-state index contributed by atoms with van der Waals surface area (Å²) < 4.78 is 22.4. The minimum absolute atomic E-state index is 0.0758. The normalized spacial score (nSPS) is 11.5. The average molecular weight is 527 g/mol. The number of amides is 1. The second kappa shape index (κ2) is 13.7. The summed E-state index contributed by atoms with van der Waals surface area (Å²) in [4.78, 5) is 17.1. The predicted molar refractivity (Wildman–Crippen MR) is 145 cm³/mol. The van der Waals surface area contributed by atoms with Gasteiger partial charge in [0.25, 0.3) is 0 Å². The zero-order valence-electron chi connectivity index (χ0n) is 22.2. The third kappa shape index (κ3) is 7.25. The number of methoxy groups -OCH3 is 2. The topological polar surface area (TPSA) is 105 Å². The molecule has 3 rings (SSSR count). The SMILES string of the molecule is CCOc1cc(-c2nnc(SCC(=O)N[C@H](C)CC)nc2-c2ccc(OC)c(OCC)c2)ccc1OC. The molecule has 0 aliphatic rings. The standard InChI is InChI=1S/C27H34N4O5S/c1-7-17(4)28-24(32)16-37-27-29-25(18-10-12-20(33-5)22(14-18)35-8-2)26(30-31-27)19-11-13-21(34-6)23(15-19)36-9-3/h10-15,17H,7-9,16H2,1-6H3,(H,28,32)/t17-/m1/s1. The molecule has 0 aliphatic carbocycles. The van der Waals surface area contributed by atoms with Crippen molar-refractivity contribution in [2.45, 2.75) is 45.3 Å². The van der Waals surface area contributed by atoms with E-state index >= 15 is 0 Å². The summed E-state index contributed by atoms with van der Waals surface area (Å²) in [5.74, 6) is 2.55. The van der Waals surface area contributed by atoms with Crippen LogP contribution in [0.2, 0.25) is 0 Å². The first-order chi connectivity index (χ1) is 17.9. The Morgan fingerprint density at radius 3 is 1.95 bits per heavy atom. The fourth-order valence-corrected chi connectivity index (χ4v) is 4.10. The van der Waals surface area contributed by atoms with Crippen LogP contribution < -0.4 is 24.3 Å². The van der Waals surface area contributed by atoms with Crippen LogP contribution in [0.25, 0.3) is 22.5 Å². The number of carbonyl (C=O) groups is 1. The van der Waals surface area contributed by atoms with E-state index in [4.69, 9.17) is 23.9 Å². The zero-order chi connectivity index (χ0) is 26.8. The van der Waals surface area contributed by atoms with Crippen LogP contribution >= 0.6 is 11.8 Å². The number of rotatable bonds is 13. The van der Waals surface area contributed by atoms with Crippen molar-refractivity contribution in [3.8, 4) is 45.5 Å². The van der Waals surface area contributed by atoms with Gasteiger partial charge in [-0.2, -0.15) is 0 Å². The molecule has 1 heterocycles. The van der Waals surface area contributed by atoms with Gasteiger partial charge in [0.15, 0.2) is 23.0 Å². The molecule has 10 heteroatoms. The molecule has 0 aliphatic heterocycles. The van der Waals surface area contributed by atoms with Gasteiger partial charge in [-0.25, -0.2) is 4.98 Å². The van der Waals surface area contributed by atoms with E-state index < -0.39 is 0 Å². The summed E-state index contributed by atoms with van der Waals surface area (Å²) in [6.45, 7) is 8.79. The molecular formula is C27H34N4O5S. The second-order valence-corrected chi connectivity index (χ2v) is 9.00. The molecule has 0 fully saturated rings. The zero-order valence-corrected chi connectivity index (χ0v) is 23.0. The van der Waals surface area contributed by atoms with Crippen LogP contribution in [0, 0.1) is 0 Å². The Balaban J connectivity index is 2.06. The number of benzene rings is 2. The fourth-order valence-electron chi connectivity index (χ4n) is 3.50. The molecule has 0 bridgehead atoms. The number of carbonyl (C=O) groups excluding carboxylic acids is 1. The van der Waals surface area contributed by atoms with Crippen molar-refractivity contribution in [2.75, 3.05) is 33.2 Å². The molecule has 0 saturated heterocycles. The Morgan fingerprint density at radius 2 is 1.43 bits per heavy atom. The highest BCUT2D eigenvalue weighted by Gasteiger charge is 2.19. The first kappa shape index (κ1) is 28.0. The van der Waals surface area contributed by atoms with Crippen LogP contribution in [0.1, 0.15) is 34.1 Å². The lowest BCUT2D eigenvalue weighted by atomic mass is 10.0. The molecule has 2 aromatic carbocycles. The monoisotopic (exact) mass is 526 g/mol. The third-order valence-corrected chi connectivity index (χ3v) is 6.33. The van der Waals surface area contributed by atoms with Crippen LogP contribution in [0.15, 0.2) is 41.6 Å². The number of hydrogen-bond donors (Lipinski definition) is 1. The summed E-state index contributed by atoms with van der Waals surface area (Å²) in [5, 5.41) is 12.2. The maximum atomic E-state index is 12.3. The average Bonchev–Trinajstić information content (AvgIpc) is 2.92. The molecule has 1 atom stereocenters. The van der Waals surface area contributed by atoms with Gasteiger partial charge in [0.2, 0.25) is 11.1 Å². The van der Waals surface area contributed by atoms with Gasteiger partial charge >= 0.3 is 0 Å². The highest BCUT2D eigenvalue weighted by atomic mass is 32.2. The molecule has 1 N–H and O–H groups in total. The molecule has 0 unspecified atom stereocenters. The fraction of sp³-hybridized carbons (Fsp3) is 0.407. The van der Waals surface area contributed by atoms with E-state index in [2.05, 4.69) is 15.5 Å². The molecule has 1 aromatic heterocycles. The van der Waals surface area contributed by atoms with Crippen LogP contribution in [0.3, 0.4) is 0 Å². The molecule has 3 aromatic rings. The number of hydrogen-bond acceptors (Lipinski definition) is 9. The van der Waals surface area contributed by atoms with E-state index in [0.29, 0.717) is 52.8 Å². The summed E-state index contributed by atoms with van der Waals surface area (Å²) >= 11 is 1.24. The van der Waals surface area contributed by atoms with Gasteiger partial charge in [-0.1, -0.05) is 18.7 Å². The van der Waals surface area contributed by atoms with E-state index in [1.165, 1.54) is 11.8 Å². The van der Waals surface area contributed by atoms with Gasteiger partial charge in [-0.15, -0.1) is 10.2 Å². The molecule has 0 spiro atoms. The van der Waals surface area contributed by atoms with Gasteiger partial charge in [0, 0.05) is 17.2 Å². The van der Waals surface area contributed by atoms with E-state index in [9.17, 15) is 4.79 Å². The van der Waals surface area contributed by atoms with Crippen molar-refractivity contribution < 1.29 is 23.7 Å². The molecule has 0 radical (unpaired) electrons.